The van der Waals surface area contributed by atoms with Gasteiger partial charge in [-0.05, 0) is 55.9 Å². The number of hydrogen-bond donors (Lipinski definition) is 0. The van der Waals surface area contributed by atoms with Crippen LogP contribution >= 0.6 is 22.9 Å². The van der Waals surface area contributed by atoms with Crippen LogP contribution in [0.4, 0.5) is 0 Å². The van der Waals surface area contributed by atoms with Crippen molar-refractivity contribution >= 4 is 28.9 Å². The summed E-state index contributed by atoms with van der Waals surface area (Å²) >= 11 is 7.32. The van der Waals surface area contributed by atoms with Crippen LogP contribution in [0, 0.1) is 13.8 Å². The number of esters is 1. The number of aromatic nitrogens is 2. The lowest BCUT2D eigenvalue weighted by Gasteiger charge is -2.14. The van der Waals surface area contributed by atoms with Gasteiger partial charge in [0.2, 0.25) is 0 Å². The highest BCUT2D eigenvalue weighted by molar-refractivity contribution is 7.13. The van der Waals surface area contributed by atoms with E-state index in [1.165, 1.54) is 17.4 Å². The minimum Gasteiger partial charge on any atom is -0.434 e. The molecule has 3 aromatic rings. The van der Waals surface area contributed by atoms with Crippen LogP contribution in [0.1, 0.15) is 44.4 Å². The van der Waals surface area contributed by atoms with Crippen molar-refractivity contribution in [1.29, 1.82) is 0 Å². The molecule has 2 heterocycles. The lowest BCUT2D eigenvalue weighted by atomic mass is 10.1. The van der Waals surface area contributed by atoms with E-state index in [-0.39, 0.29) is 16.8 Å². The molecule has 0 atom stereocenters. The Balaban J connectivity index is 1.65. The summed E-state index contributed by atoms with van der Waals surface area (Å²) in [7, 11) is 0. The number of rotatable bonds is 5. The zero-order chi connectivity index (χ0) is 19.0. The van der Waals surface area contributed by atoms with Gasteiger partial charge in [-0.1, -0.05) is 29.8 Å². The SMILES string of the molecule is Cc1ccc(C(=O)Oc2cc(Cl)nnc2Oc2c(C)cccc2C2CC2)s1. The second-order valence-electron chi connectivity index (χ2n) is 6.51. The van der Waals surface area contributed by atoms with Crippen LogP contribution in [-0.4, -0.2) is 16.2 Å². The molecule has 0 aliphatic heterocycles. The molecule has 0 unspecified atom stereocenters. The maximum absolute atomic E-state index is 12.4. The molecule has 0 bridgehead atoms. The lowest BCUT2D eigenvalue weighted by Crippen LogP contribution is -2.08. The van der Waals surface area contributed by atoms with Crippen molar-refractivity contribution in [3.8, 4) is 17.4 Å². The summed E-state index contributed by atoms with van der Waals surface area (Å²) in [5.41, 5.74) is 2.13. The molecule has 0 N–H and O–H groups in total. The maximum atomic E-state index is 12.4. The van der Waals surface area contributed by atoms with Gasteiger partial charge in [0, 0.05) is 10.9 Å². The first-order valence-corrected chi connectivity index (χ1v) is 9.80. The zero-order valence-corrected chi connectivity index (χ0v) is 16.4. The van der Waals surface area contributed by atoms with E-state index in [0.717, 1.165) is 34.6 Å². The van der Waals surface area contributed by atoms with Gasteiger partial charge in [-0.3, -0.25) is 0 Å². The van der Waals surface area contributed by atoms with Crippen LogP contribution in [-0.2, 0) is 0 Å². The number of carbonyl (C=O) groups is 1. The van der Waals surface area contributed by atoms with Crippen LogP contribution < -0.4 is 9.47 Å². The van der Waals surface area contributed by atoms with E-state index < -0.39 is 5.97 Å². The summed E-state index contributed by atoms with van der Waals surface area (Å²) in [5.74, 6) is 1.03. The molecular weight excluding hydrogens is 384 g/mol. The summed E-state index contributed by atoms with van der Waals surface area (Å²) in [6.07, 6.45) is 2.29. The molecule has 1 aliphatic rings. The molecule has 2 aromatic heterocycles. The minimum atomic E-state index is -0.478. The van der Waals surface area contributed by atoms with Gasteiger partial charge in [-0.2, -0.15) is 0 Å². The highest BCUT2D eigenvalue weighted by Crippen LogP contribution is 2.46. The molecule has 1 saturated carbocycles. The van der Waals surface area contributed by atoms with Crippen molar-refractivity contribution in [2.45, 2.75) is 32.6 Å². The number of ether oxygens (including phenoxy) is 2. The molecule has 138 valence electrons. The number of halogens is 1. The van der Waals surface area contributed by atoms with Gasteiger partial charge in [0.25, 0.3) is 5.88 Å². The molecule has 0 spiro atoms. The predicted molar refractivity (Wildman–Crippen MR) is 104 cm³/mol. The largest absolute Gasteiger partial charge is 0.434 e. The number of nitrogens with zero attached hydrogens (tertiary/aromatic N) is 2. The average Bonchev–Trinajstić information content (AvgIpc) is 3.39. The fourth-order valence-electron chi connectivity index (χ4n) is 2.81. The van der Waals surface area contributed by atoms with Gasteiger partial charge in [0.15, 0.2) is 10.9 Å². The second-order valence-corrected chi connectivity index (χ2v) is 8.18. The van der Waals surface area contributed by atoms with E-state index in [0.29, 0.717) is 10.8 Å². The normalized spacial score (nSPS) is 13.4. The molecule has 4 rings (SSSR count). The number of aryl methyl sites for hydroxylation is 2. The molecule has 7 heteroatoms. The molecule has 1 fully saturated rings. The average molecular weight is 401 g/mol. The number of para-hydroxylation sites is 1. The lowest BCUT2D eigenvalue weighted by molar-refractivity contribution is 0.0734. The fraction of sp³-hybridized carbons (Fsp3) is 0.250. The van der Waals surface area contributed by atoms with E-state index >= 15 is 0 Å². The smallest absolute Gasteiger partial charge is 0.353 e. The molecule has 0 saturated heterocycles. The third kappa shape index (κ3) is 3.96. The molecule has 1 aromatic carbocycles. The second kappa shape index (κ2) is 7.29. The number of benzene rings is 1. The van der Waals surface area contributed by atoms with E-state index in [2.05, 4.69) is 16.3 Å². The van der Waals surface area contributed by atoms with Gasteiger partial charge in [-0.15, -0.1) is 21.5 Å². The Kier molecular flexibility index (Phi) is 4.85. The summed E-state index contributed by atoms with van der Waals surface area (Å²) in [4.78, 5) is 14.0. The molecule has 0 amide bonds. The third-order valence-electron chi connectivity index (χ3n) is 4.30. The van der Waals surface area contributed by atoms with Crippen LogP contribution in [0.3, 0.4) is 0 Å². The Bertz CT molecular complexity index is 1010. The summed E-state index contributed by atoms with van der Waals surface area (Å²) in [5, 5.41) is 7.98. The monoisotopic (exact) mass is 400 g/mol. The van der Waals surface area contributed by atoms with Crippen molar-refractivity contribution in [3.63, 3.8) is 0 Å². The van der Waals surface area contributed by atoms with Crippen LogP contribution in [0.2, 0.25) is 5.15 Å². The number of hydrogen-bond acceptors (Lipinski definition) is 6. The Morgan fingerprint density at radius 2 is 2.00 bits per heavy atom. The van der Waals surface area contributed by atoms with Crippen molar-refractivity contribution in [3.05, 3.63) is 62.4 Å². The maximum Gasteiger partial charge on any atom is 0.353 e. The van der Waals surface area contributed by atoms with E-state index in [9.17, 15) is 4.79 Å². The molecule has 5 nitrogen and oxygen atoms in total. The quantitative estimate of drug-likeness (QED) is 0.514. The third-order valence-corrected chi connectivity index (χ3v) is 5.47. The topological polar surface area (TPSA) is 61.3 Å². The first-order chi connectivity index (χ1) is 13.0. The molecule has 1 aliphatic carbocycles. The number of carbonyl (C=O) groups excluding carboxylic acids is 1. The van der Waals surface area contributed by atoms with Crippen LogP contribution in [0.25, 0.3) is 0 Å². The van der Waals surface area contributed by atoms with Gasteiger partial charge >= 0.3 is 5.97 Å². The Morgan fingerprint density at radius 3 is 2.70 bits per heavy atom. The van der Waals surface area contributed by atoms with Gasteiger partial charge in [0.1, 0.15) is 10.6 Å². The van der Waals surface area contributed by atoms with E-state index in [1.54, 1.807) is 6.07 Å². The summed E-state index contributed by atoms with van der Waals surface area (Å²) in [6, 6.07) is 11.1. The van der Waals surface area contributed by atoms with E-state index in [1.807, 2.05) is 32.0 Å². The van der Waals surface area contributed by atoms with Crippen molar-refractivity contribution in [1.82, 2.24) is 10.2 Å². The summed E-state index contributed by atoms with van der Waals surface area (Å²) < 4.78 is 11.6. The van der Waals surface area contributed by atoms with Crippen molar-refractivity contribution in [2.24, 2.45) is 0 Å². The van der Waals surface area contributed by atoms with E-state index in [4.69, 9.17) is 21.1 Å². The minimum absolute atomic E-state index is 0.122. The number of thiophene rings is 1. The highest BCUT2D eigenvalue weighted by Gasteiger charge is 2.28. The fourth-order valence-corrected chi connectivity index (χ4v) is 3.69. The molecule has 27 heavy (non-hydrogen) atoms. The van der Waals surface area contributed by atoms with Crippen LogP contribution in [0.15, 0.2) is 36.4 Å². The Labute approximate surface area is 165 Å². The standard InChI is InChI=1S/C20H17ClN2O3S/c1-11-4-3-5-14(13-7-8-13)18(11)26-19-15(10-17(21)22-23-19)25-20(24)16-9-6-12(2)27-16/h3-6,9-10,13H,7-8H2,1-2H3. The van der Waals surface area contributed by atoms with Crippen molar-refractivity contribution in [2.75, 3.05) is 0 Å². The first-order valence-electron chi connectivity index (χ1n) is 8.60. The van der Waals surface area contributed by atoms with Crippen LogP contribution in [0.5, 0.6) is 17.4 Å². The van der Waals surface area contributed by atoms with Gasteiger partial charge < -0.3 is 9.47 Å². The first kappa shape index (κ1) is 17.9. The predicted octanol–water partition coefficient (Wildman–Crippen LogP) is 5.70. The van der Waals surface area contributed by atoms with Gasteiger partial charge in [0.05, 0.1) is 0 Å². The molecule has 0 radical (unpaired) electrons. The summed E-state index contributed by atoms with van der Waals surface area (Å²) in [6.45, 7) is 3.91. The highest BCUT2D eigenvalue weighted by atomic mass is 35.5. The molecular formula is C20H17ClN2O3S. The van der Waals surface area contributed by atoms with Gasteiger partial charge in [-0.25, -0.2) is 4.79 Å². The Morgan fingerprint density at radius 1 is 1.19 bits per heavy atom. The Hall–Kier alpha value is -2.44. The zero-order valence-electron chi connectivity index (χ0n) is 14.9. The van der Waals surface area contributed by atoms with Crippen molar-refractivity contribution < 1.29 is 14.3 Å².